The fourth-order valence-electron chi connectivity index (χ4n) is 1.88. The van der Waals surface area contributed by atoms with Gasteiger partial charge in [-0.3, -0.25) is 10.1 Å². The van der Waals surface area contributed by atoms with E-state index in [0.29, 0.717) is 18.2 Å². The third-order valence-corrected chi connectivity index (χ3v) is 3.61. The molecule has 92 valence electrons. The monoisotopic (exact) mass is 348 g/mol. The molecule has 0 saturated heterocycles. The Morgan fingerprint density at radius 2 is 2.24 bits per heavy atom. The standard InChI is InChI=1S/C11H13IN2O3/c12-8-1-2-11(10(5-8)14(15)16)17-9-3-7(4-9)6-13/h1-2,5,7,9H,3-4,6,13H2. The minimum absolute atomic E-state index is 0.0353. The Bertz CT molecular complexity index is 433. The molecule has 17 heavy (non-hydrogen) atoms. The van der Waals surface area contributed by atoms with E-state index in [9.17, 15) is 10.1 Å². The lowest BCUT2D eigenvalue weighted by atomic mass is 9.82. The first-order valence-electron chi connectivity index (χ1n) is 5.41. The molecule has 0 heterocycles. The molecule has 1 aliphatic rings. The van der Waals surface area contributed by atoms with Crippen molar-refractivity contribution < 1.29 is 9.66 Å². The van der Waals surface area contributed by atoms with E-state index < -0.39 is 4.92 Å². The first kappa shape index (κ1) is 12.6. The number of benzene rings is 1. The van der Waals surface area contributed by atoms with Gasteiger partial charge in [0.2, 0.25) is 0 Å². The van der Waals surface area contributed by atoms with Crippen LogP contribution in [0.4, 0.5) is 5.69 Å². The molecule has 1 saturated carbocycles. The van der Waals surface area contributed by atoms with Crippen molar-refractivity contribution in [1.29, 1.82) is 0 Å². The topological polar surface area (TPSA) is 78.4 Å². The van der Waals surface area contributed by atoms with Gasteiger partial charge in [0.25, 0.3) is 0 Å². The molecule has 2 N–H and O–H groups in total. The number of nitro benzene ring substituents is 1. The summed E-state index contributed by atoms with van der Waals surface area (Å²) in [7, 11) is 0. The summed E-state index contributed by atoms with van der Waals surface area (Å²) >= 11 is 2.05. The lowest BCUT2D eigenvalue weighted by Crippen LogP contribution is -2.37. The summed E-state index contributed by atoms with van der Waals surface area (Å²) in [6.45, 7) is 0.661. The SMILES string of the molecule is NCC1CC(Oc2ccc(I)cc2[N+](=O)[O-])C1. The summed E-state index contributed by atoms with van der Waals surface area (Å²) in [5.74, 6) is 0.860. The second-order valence-corrected chi connectivity index (χ2v) is 5.43. The average Bonchev–Trinajstić information content (AvgIpc) is 2.24. The van der Waals surface area contributed by atoms with Gasteiger partial charge in [-0.05, 0) is 60.0 Å². The number of nitrogens with zero attached hydrogens (tertiary/aromatic N) is 1. The molecule has 0 aliphatic heterocycles. The molecule has 0 bridgehead atoms. The lowest BCUT2D eigenvalue weighted by Gasteiger charge is -2.34. The van der Waals surface area contributed by atoms with Crippen molar-refractivity contribution in [2.24, 2.45) is 11.7 Å². The highest BCUT2D eigenvalue weighted by Gasteiger charge is 2.31. The van der Waals surface area contributed by atoms with E-state index in [0.717, 1.165) is 16.4 Å². The zero-order valence-corrected chi connectivity index (χ0v) is 11.3. The predicted molar refractivity (Wildman–Crippen MR) is 72.0 cm³/mol. The molecule has 0 aromatic heterocycles. The number of rotatable bonds is 4. The van der Waals surface area contributed by atoms with Gasteiger partial charge in [0.05, 0.1) is 11.0 Å². The largest absolute Gasteiger partial charge is 0.483 e. The van der Waals surface area contributed by atoms with Crippen molar-refractivity contribution in [2.75, 3.05) is 6.54 Å². The number of hydrogen-bond acceptors (Lipinski definition) is 4. The molecule has 0 unspecified atom stereocenters. The summed E-state index contributed by atoms with van der Waals surface area (Å²) < 4.78 is 6.46. The first-order valence-corrected chi connectivity index (χ1v) is 6.48. The Morgan fingerprint density at radius 1 is 1.53 bits per heavy atom. The predicted octanol–water partition coefficient (Wildman–Crippen LogP) is 2.32. The van der Waals surface area contributed by atoms with Crippen molar-refractivity contribution in [3.05, 3.63) is 31.9 Å². The van der Waals surface area contributed by atoms with Gasteiger partial charge in [0.1, 0.15) is 0 Å². The zero-order valence-electron chi connectivity index (χ0n) is 9.14. The minimum Gasteiger partial charge on any atom is -0.483 e. The van der Waals surface area contributed by atoms with Crippen LogP contribution in [0.3, 0.4) is 0 Å². The number of nitrogens with two attached hydrogens (primary N) is 1. The Balaban J connectivity index is 2.08. The molecule has 5 nitrogen and oxygen atoms in total. The maximum absolute atomic E-state index is 10.9. The van der Waals surface area contributed by atoms with Gasteiger partial charge in [-0.25, -0.2) is 0 Å². The molecule has 0 amide bonds. The maximum Gasteiger partial charge on any atom is 0.311 e. The van der Waals surface area contributed by atoms with Crippen molar-refractivity contribution >= 4 is 28.3 Å². The minimum atomic E-state index is -0.406. The van der Waals surface area contributed by atoms with Crippen LogP contribution in [0.25, 0.3) is 0 Å². The highest BCUT2D eigenvalue weighted by Crippen LogP contribution is 2.35. The van der Waals surface area contributed by atoms with Crippen LogP contribution >= 0.6 is 22.6 Å². The van der Waals surface area contributed by atoms with Crippen LogP contribution in [0, 0.1) is 19.6 Å². The number of nitro groups is 1. The second-order valence-electron chi connectivity index (χ2n) is 4.18. The fourth-order valence-corrected chi connectivity index (χ4v) is 2.35. The van der Waals surface area contributed by atoms with Crippen LogP contribution in [0.2, 0.25) is 0 Å². The second kappa shape index (κ2) is 5.18. The van der Waals surface area contributed by atoms with E-state index in [2.05, 4.69) is 0 Å². The van der Waals surface area contributed by atoms with Crippen LogP contribution in [-0.4, -0.2) is 17.6 Å². The van der Waals surface area contributed by atoms with Crippen LogP contribution in [-0.2, 0) is 0 Å². The van der Waals surface area contributed by atoms with Crippen molar-refractivity contribution in [1.82, 2.24) is 0 Å². The van der Waals surface area contributed by atoms with E-state index in [4.69, 9.17) is 10.5 Å². The third kappa shape index (κ3) is 2.86. The smallest absolute Gasteiger partial charge is 0.311 e. The highest BCUT2D eigenvalue weighted by atomic mass is 127. The van der Waals surface area contributed by atoms with Crippen molar-refractivity contribution in [3.63, 3.8) is 0 Å². The number of halogens is 1. The highest BCUT2D eigenvalue weighted by molar-refractivity contribution is 14.1. The van der Waals surface area contributed by atoms with Gasteiger partial charge in [-0.1, -0.05) is 0 Å². The third-order valence-electron chi connectivity index (χ3n) is 2.94. The van der Waals surface area contributed by atoms with Crippen LogP contribution in [0.1, 0.15) is 12.8 Å². The molecule has 2 rings (SSSR count). The normalized spacial score (nSPS) is 22.9. The Kier molecular flexibility index (Phi) is 3.82. The summed E-state index contributed by atoms with van der Waals surface area (Å²) in [5, 5.41) is 10.9. The van der Waals surface area contributed by atoms with Crippen LogP contribution in [0.5, 0.6) is 5.75 Å². The van der Waals surface area contributed by atoms with Gasteiger partial charge in [0, 0.05) is 9.64 Å². The molecular formula is C11H13IN2O3. The quantitative estimate of drug-likeness (QED) is 0.515. The van der Waals surface area contributed by atoms with E-state index in [-0.39, 0.29) is 11.8 Å². The van der Waals surface area contributed by atoms with E-state index in [1.165, 1.54) is 6.07 Å². The Hall–Kier alpha value is -0.890. The fraction of sp³-hybridized carbons (Fsp3) is 0.455. The van der Waals surface area contributed by atoms with E-state index in [1.54, 1.807) is 6.07 Å². The zero-order chi connectivity index (χ0) is 12.4. The summed E-state index contributed by atoms with van der Waals surface area (Å²) in [6.07, 6.45) is 1.85. The summed E-state index contributed by atoms with van der Waals surface area (Å²) in [5.41, 5.74) is 5.56. The average molecular weight is 348 g/mol. The molecular weight excluding hydrogens is 335 g/mol. The Labute approximate surface area is 113 Å². The van der Waals surface area contributed by atoms with Gasteiger partial charge >= 0.3 is 5.69 Å². The van der Waals surface area contributed by atoms with Crippen LogP contribution in [0.15, 0.2) is 18.2 Å². The lowest BCUT2D eigenvalue weighted by molar-refractivity contribution is -0.386. The molecule has 1 aromatic carbocycles. The Morgan fingerprint density at radius 3 is 2.82 bits per heavy atom. The van der Waals surface area contributed by atoms with Gasteiger partial charge < -0.3 is 10.5 Å². The molecule has 1 fully saturated rings. The van der Waals surface area contributed by atoms with E-state index in [1.807, 2.05) is 28.7 Å². The number of hydrogen-bond donors (Lipinski definition) is 1. The molecule has 0 radical (unpaired) electrons. The molecule has 0 spiro atoms. The molecule has 1 aromatic rings. The van der Waals surface area contributed by atoms with Gasteiger partial charge in [-0.15, -0.1) is 0 Å². The first-order chi connectivity index (χ1) is 8.10. The molecule has 0 atom stereocenters. The maximum atomic E-state index is 10.9. The molecule has 1 aliphatic carbocycles. The van der Waals surface area contributed by atoms with Crippen molar-refractivity contribution in [3.8, 4) is 5.75 Å². The molecule has 6 heteroatoms. The summed E-state index contributed by atoms with van der Waals surface area (Å²) in [4.78, 5) is 10.5. The summed E-state index contributed by atoms with van der Waals surface area (Å²) in [6, 6.07) is 4.99. The van der Waals surface area contributed by atoms with Crippen molar-refractivity contribution in [2.45, 2.75) is 18.9 Å². The number of ether oxygens (including phenoxy) is 1. The van der Waals surface area contributed by atoms with E-state index >= 15 is 0 Å². The van der Waals surface area contributed by atoms with Gasteiger partial charge in [-0.2, -0.15) is 0 Å². The van der Waals surface area contributed by atoms with Gasteiger partial charge in [0.15, 0.2) is 5.75 Å². The van der Waals surface area contributed by atoms with Crippen LogP contribution < -0.4 is 10.5 Å².